The summed E-state index contributed by atoms with van der Waals surface area (Å²) in [7, 11) is 0. The lowest BCUT2D eigenvalue weighted by Crippen LogP contribution is -2.00. The number of carboxylic acid groups (broad SMARTS) is 1. The van der Waals surface area contributed by atoms with Crippen LogP contribution in [0.15, 0.2) is 37.7 Å². The molecule has 0 aromatic carbocycles. The predicted octanol–water partition coefficient (Wildman–Crippen LogP) is 3.15. The van der Waals surface area contributed by atoms with Crippen molar-refractivity contribution >= 4 is 45.0 Å². The summed E-state index contributed by atoms with van der Waals surface area (Å²) in [6.45, 7) is 0. The molecule has 7 heteroatoms. The molecule has 0 saturated carbocycles. The highest BCUT2D eigenvalue weighted by Crippen LogP contribution is 2.31. The Morgan fingerprint density at radius 2 is 2.31 bits per heavy atom. The van der Waals surface area contributed by atoms with E-state index in [0.29, 0.717) is 9.50 Å². The Labute approximate surface area is 108 Å². The molecule has 4 nitrogen and oxygen atoms in total. The molecule has 0 aliphatic carbocycles. The molecule has 2 aromatic rings. The number of aromatic carboxylic acids is 1. The molecule has 16 heavy (non-hydrogen) atoms. The van der Waals surface area contributed by atoms with Crippen LogP contribution in [0, 0.1) is 0 Å². The number of aromatic nitrogens is 2. The Hall–Kier alpha value is -0.920. The maximum absolute atomic E-state index is 11.0. The van der Waals surface area contributed by atoms with Crippen LogP contribution in [0.2, 0.25) is 0 Å². The first-order valence-corrected chi connectivity index (χ1v) is 6.62. The normalized spacial score (nSPS) is 10.3. The van der Waals surface area contributed by atoms with E-state index in [2.05, 4.69) is 25.9 Å². The van der Waals surface area contributed by atoms with Gasteiger partial charge < -0.3 is 5.11 Å². The van der Waals surface area contributed by atoms with Crippen LogP contribution in [0.4, 0.5) is 0 Å². The summed E-state index contributed by atoms with van der Waals surface area (Å²) in [6, 6.07) is 1.53. The van der Waals surface area contributed by atoms with Crippen molar-refractivity contribution in [3.05, 3.63) is 33.9 Å². The number of thiazole rings is 1. The quantitative estimate of drug-likeness (QED) is 0.942. The van der Waals surface area contributed by atoms with Gasteiger partial charge in [0.25, 0.3) is 0 Å². The minimum absolute atomic E-state index is 0.176. The van der Waals surface area contributed by atoms with Gasteiger partial charge in [-0.25, -0.2) is 14.8 Å². The molecule has 0 aliphatic heterocycles. The molecule has 2 rings (SSSR count). The summed E-state index contributed by atoms with van der Waals surface area (Å²) in [4.78, 5) is 19.2. The van der Waals surface area contributed by atoms with E-state index in [0.717, 1.165) is 4.34 Å². The summed E-state index contributed by atoms with van der Waals surface area (Å²) in [5.74, 6) is -0.993. The van der Waals surface area contributed by atoms with Crippen LogP contribution in [0.5, 0.6) is 0 Å². The highest BCUT2D eigenvalue weighted by molar-refractivity contribution is 9.10. The number of carboxylic acids is 1. The second-order valence-corrected chi connectivity index (χ2v) is 5.76. The third kappa shape index (κ3) is 2.60. The van der Waals surface area contributed by atoms with E-state index in [9.17, 15) is 4.79 Å². The van der Waals surface area contributed by atoms with Crippen molar-refractivity contribution in [1.29, 1.82) is 0 Å². The number of carbonyl (C=O) groups is 1. The van der Waals surface area contributed by atoms with Gasteiger partial charge >= 0.3 is 5.97 Å². The molecule has 0 aliphatic rings. The SMILES string of the molecule is O=C(O)c1cc(Br)cnc1Sc1nccs1. The van der Waals surface area contributed by atoms with Crippen LogP contribution in [0.25, 0.3) is 0 Å². The lowest BCUT2D eigenvalue weighted by Gasteiger charge is -2.02. The van der Waals surface area contributed by atoms with Gasteiger partial charge in [0, 0.05) is 22.2 Å². The number of pyridine rings is 1. The van der Waals surface area contributed by atoms with E-state index in [1.807, 2.05) is 5.38 Å². The second-order valence-electron chi connectivity index (χ2n) is 2.71. The third-order valence-electron chi connectivity index (χ3n) is 1.64. The average molecular weight is 317 g/mol. The molecule has 2 aromatic heterocycles. The van der Waals surface area contributed by atoms with Gasteiger partial charge in [-0.3, -0.25) is 0 Å². The molecule has 0 spiro atoms. The van der Waals surface area contributed by atoms with Gasteiger partial charge in [0.1, 0.15) is 5.03 Å². The van der Waals surface area contributed by atoms with Crippen LogP contribution in [0.3, 0.4) is 0 Å². The Kier molecular flexibility index (Phi) is 3.57. The van der Waals surface area contributed by atoms with Crippen LogP contribution in [-0.2, 0) is 0 Å². The van der Waals surface area contributed by atoms with E-state index in [1.54, 1.807) is 12.4 Å². The summed E-state index contributed by atoms with van der Waals surface area (Å²) in [5, 5.41) is 11.3. The Morgan fingerprint density at radius 3 is 2.94 bits per heavy atom. The lowest BCUT2D eigenvalue weighted by molar-refractivity contribution is 0.0692. The third-order valence-corrected chi connectivity index (χ3v) is 3.98. The number of hydrogen-bond donors (Lipinski definition) is 1. The van der Waals surface area contributed by atoms with Crippen molar-refractivity contribution in [2.24, 2.45) is 0 Å². The van der Waals surface area contributed by atoms with E-state index in [1.165, 1.54) is 29.2 Å². The molecular formula is C9H5BrN2O2S2. The zero-order valence-corrected chi connectivity index (χ0v) is 11.0. The molecule has 0 fully saturated rings. The molecule has 0 atom stereocenters. The van der Waals surface area contributed by atoms with E-state index >= 15 is 0 Å². The topological polar surface area (TPSA) is 63.1 Å². The number of nitrogens with zero attached hydrogens (tertiary/aromatic N) is 2. The Balaban J connectivity index is 2.36. The van der Waals surface area contributed by atoms with Crippen LogP contribution in [-0.4, -0.2) is 21.0 Å². The minimum Gasteiger partial charge on any atom is -0.478 e. The van der Waals surface area contributed by atoms with Crippen molar-refractivity contribution in [2.75, 3.05) is 0 Å². The fourth-order valence-electron chi connectivity index (χ4n) is 1.00. The minimum atomic E-state index is -0.993. The van der Waals surface area contributed by atoms with Gasteiger partial charge in [-0.2, -0.15) is 0 Å². The molecule has 0 saturated heterocycles. The highest BCUT2D eigenvalue weighted by Gasteiger charge is 2.14. The van der Waals surface area contributed by atoms with Crippen molar-refractivity contribution in [3.8, 4) is 0 Å². The fraction of sp³-hybridized carbons (Fsp3) is 0. The van der Waals surface area contributed by atoms with Gasteiger partial charge in [-0.05, 0) is 33.8 Å². The fourth-order valence-corrected chi connectivity index (χ4v) is 2.93. The van der Waals surface area contributed by atoms with E-state index in [4.69, 9.17) is 5.11 Å². The van der Waals surface area contributed by atoms with Gasteiger partial charge in [-0.15, -0.1) is 11.3 Å². The average Bonchev–Trinajstić information content (AvgIpc) is 2.73. The summed E-state index contributed by atoms with van der Waals surface area (Å²) in [6.07, 6.45) is 3.24. The smallest absolute Gasteiger partial charge is 0.338 e. The van der Waals surface area contributed by atoms with E-state index in [-0.39, 0.29) is 5.56 Å². The number of halogens is 1. The zero-order valence-electron chi connectivity index (χ0n) is 7.75. The van der Waals surface area contributed by atoms with Crippen LogP contribution in [0.1, 0.15) is 10.4 Å². The van der Waals surface area contributed by atoms with Crippen molar-refractivity contribution in [2.45, 2.75) is 9.37 Å². The largest absolute Gasteiger partial charge is 0.478 e. The summed E-state index contributed by atoms with van der Waals surface area (Å²) < 4.78 is 1.42. The first-order chi connectivity index (χ1) is 7.66. The van der Waals surface area contributed by atoms with Crippen LogP contribution < -0.4 is 0 Å². The van der Waals surface area contributed by atoms with E-state index < -0.39 is 5.97 Å². The van der Waals surface area contributed by atoms with Gasteiger partial charge in [0.2, 0.25) is 0 Å². The molecule has 1 N–H and O–H groups in total. The van der Waals surface area contributed by atoms with Crippen molar-refractivity contribution in [3.63, 3.8) is 0 Å². The molecule has 0 unspecified atom stereocenters. The number of rotatable bonds is 3. The van der Waals surface area contributed by atoms with Crippen LogP contribution >= 0.6 is 39.0 Å². The van der Waals surface area contributed by atoms with Gasteiger partial charge in [-0.1, -0.05) is 0 Å². The first kappa shape index (κ1) is 11.6. The maximum atomic E-state index is 11.0. The molecule has 0 bridgehead atoms. The monoisotopic (exact) mass is 316 g/mol. The van der Waals surface area contributed by atoms with Crippen molar-refractivity contribution < 1.29 is 9.90 Å². The highest BCUT2D eigenvalue weighted by atomic mass is 79.9. The molecule has 0 radical (unpaired) electrons. The zero-order chi connectivity index (χ0) is 11.5. The molecule has 82 valence electrons. The lowest BCUT2D eigenvalue weighted by atomic mass is 10.3. The first-order valence-electron chi connectivity index (χ1n) is 4.13. The number of hydrogen-bond acceptors (Lipinski definition) is 5. The standard InChI is InChI=1S/C9H5BrN2O2S2/c10-5-3-6(8(13)14)7(12-4-5)16-9-11-1-2-15-9/h1-4H,(H,13,14). The van der Waals surface area contributed by atoms with Gasteiger partial charge in [0.15, 0.2) is 4.34 Å². The maximum Gasteiger partial charge on any atom is 0.338 e. The van der Waals surface area contributed by atoms with Gasteiger partial charge in [0.05, 0.1) is 5.56 Å². The second kappa shape index (κ2) is 4.94. The Morgan fingerprint density at radius 1 is 1.50 bits per heavy atom. The predicted molar refractivity (Wildman–Crippen MR) is 65.1 cm³/mol. The van der Waals surface area contributed by atoms with Crippen molar-refractivity contribution in [1.82, 2.24) is 9.97 Å². The molecular weight excluding hydrogens is 312 g/mol. The molecule has 2 heterocycles. The summed E-state index contributed by atoms with van der Waals surface area (Å²) in [5.41, 5.74) is 0.176. The summed E-state index contributed by atoms with van der Waals surface area (Å²) >= 11 is 5.90. The Bertz CT molecular complexity index is 516. The molecule has 0 amide bonds.